The molecule has 1 aliphatic carbocycles. The number of hydrogen-bond donors (Lipinski definition) is 3. The number of halogens is 2. The number of fused-ring (bicyclic) bond motifs is 1. The number of carbonyl (C=O) groups excluding carboxylic acids is 2. The summed E-state index contributed by atoms with van der Waals surface area (Å²) < 4.78 is 40.1. The van der Waals surface area contributed by atoms with E-state index in [9.17, 15) is 18.4 Å². The van der Waals surface area contributed by atoms with Gasteiger partial charge in [-0.05, 0) is 5.57 Å². The van der Waals surface area contributed by atoms with Gasteiger partial charge in [-0.2, -0.15) is 0 Å². The monoisotopic (exact) mass is 482 g/mol. The number of aliphatic hydroxyl groups excluding tert-OH is 1. The van der Waals surface area contributed by atoms with Crippen molar-refractivity contribution < 1.29 is 37.8 Å². The lowest BCUT2D eigenvalue weighted by molar-refractivity contribution is -0.119. The minimum Gasteiger partial charge on any atom is -0.447 e. The number of nitrogens with one attached hydrogen (secondary N) is 2. The van der Waals surface area contributed by atoms with Crippen molar-refractivity contribution in [2.24, 2.45) is 11.8 Å². The van der Waals surface area contributed by atoms with Crippen LogP contribution in [0, 0.1) is 23.5 Å². The maximum absolute atomic E-state index is 15.0. The van der Waals surface area contributed by atoms with Gasteiger partial charge in [0.05, 0.1) is 38.2 Å². The van der Waals surface area contributed by atoms with E-state index in [4.69, 9.17) is 19.4 Å². The van der Waals surface area contributed by atoms with Crippen LogP contribution in [0.15, 0.2) is 23.9 Å². The topological polar surface area (TPSA) is 113 Å². The fourth-order valence-electron chi connectivity index (χ4n) is 4.43. The van der Waals surface area contributed by atoms with Crippen LogP contribution in [0.4, 0.5) is 25.0 Å². The van der Waals surface area contributed by atoms with Crippen LogP contribution in [0.5, 0.6) is 0 Å². The second-order valence-corrected chi connectivity index (χ2v) is 8.36. The van der Waals surface area contributed by atoms with E-state index in [0.29, 0.717) is 26.3 Å². The Morgan fingerprint density at radius 2 is 1.94 bits per heavy atom. The fourth-order valence-corrected chi connectivity index (χ4v) is 4.43. The summed E-state index contributed by atoms with van der Waals surface area (Å²) in [5, 5.41) is 11.2. The van der Waals surface area contributed by atoms with E-state index in [1.807, 2.05) is 0 Å². The molecule has 3 aliphatic rings. The lowest BCUT2D eigenvalue weighted by atomic mass is 10.2. The maximum atomic E-state index is 15.0. The van der Waals surface area contributed by atoms with Gasteiger partial charge in [0.1, 0.15) is 12.3 Å². The van der Waals surface area contributed by atoms with Gasteiger partial charge >= 0.3 is 6.09 Å². The Morgan fingerprint density at radius 1 is 1.24 bits per heavy atom. The largest absolute Gasteiger partial charge is 0.447 e. The number of aliphatic hydroxyl groups is 1. The molecule has 1 aromatic rings. The van der Waals surface area contributed by atoms with Crippen LogP contribution in [-0.2, 0) is 19.1 Å². The van der Waals surface area contributed by atoms with E-state index in [-0.39, 0.29) is 55.5 Å². The number of ether oxygens (including phenoxy) is 2. The quantitative estimate of drug-likeness (QED) is 0.315. The summed E-state index contributed by atoms with van der Waals surface area (Å²) in [5.41, 5.74) is 3.81. The number of hydrogen-bond acceptors (Lipinski definition) is 8. The van der Waals surface area contributed by atoms with E-state index in [0.717, 1.165) is 22.6 Å². The van der Waals surface area contributed by atoms with Gasteiger partial charge in [0, 0.05) is 56.7 Å². The molecule has 0 radical (unpaired) electrons. The normalized spacial score (nSPS) is 24.4. The minimum atomic E-state index is -0.760. The SMILES string of the molecule is CC(=O)NCC1COC(=O)N1c1cc(F)c(N2C[C@@H]3C(=CNOCCOCCO)[C@@H]3C2)c(F)c1. The molecule has 0 spiro atoms. The Morgan fingerprint density at radius 3 is 2.59 bits per heavy atom. The van der Waals surface area contributed by atoms with Crippen LogP contribution < -0.4 is 20.6 Å². The van der Waals surface area contributed by atoms with Gasteiger partial charge in [-0.3, -0.25) is 20.0 Å². The van der Waals surface area contributed by atoms with Gasteiger partial charge < -0.3 is 24.8 Å². The molecule has 0 aromatic heterocycles. The average molecular weight is 482 g/mol. The summed E-state index contributed by atoms with van der Waals surface area (Å²) in [6.07, 6.45) is 1.05. The third kappa shape index (κ3) is 5.24. The number of anilines is 2. The molecule has 3 atom stereocenters. The van der Waals surface area contributed by atoms with Crippen LogP contribution in [0.3, 0.4) is 0 Å². The van der Waals surface area contributed by atoms with Crippen molar-refractivity contribution in [1.29, 1.82) is 0 Å². The number of rotatable bonds is 11. The van der Waals surface area contributed by atoms with Crippen molar-refractivity contribution in [3.8, 4) is 0 Å². The van der Waals surface area contributed by atoms with Gasteiger partial charge in [-0.15, -0.1) is 0 Å². The highest BCUT2D eigenvalue weighted by Gasteiger charge is 2.51. The number of cyclic esters (lactones) is 1. The third-order valence-electron chi connectivity index (χ3n) is 6.09. The molecule has 0 bridgehead atoms. The molecule has 2 aliphatic heterocycles. The number of benzene rings is 1. The van der Waals surface area contributed by atoms with E-state index in [1.165, 1.54) is 6.92 Å². The molecule has 12 heteroatoms. The third-order valence-corrected chi connectivity index (χ3v) is 6.09. The van der Waals surface area contributed by atoms with Crippen LogP contribution in [0.1, 0.15) is 6.92 Å². The van der Waals surface area contributed by atoms with E-state index in [1.54, 1.807) is 11.1 Å². The highest BCUT2D eigenvalue weighted by Crippen LogP contribution is 2.52. The minimum absolute atomic E-state index is 0.0160. The molecule has 34 heavy (non-hydrogen) atoms. The zero-order chi connectivity index (χ0) is 24.2. The summed E-state index contributed by atoms with van der Waals surface area (Å²) in [7, 11) is 0. The molecular formula is C22H28F2N4O6. The van der Waals surface area contributed by atoms with Crippen molar-refractivity contribution in [2.75, 3.05) is 62.5 Å². The Kier molecular flexibility index (Phi) is 7.49. The first-order valence-electron chi connectivity index (χ1n) is 11.1. The second kappa shape index (κ2) is 10.5. The van der Waals surface area contributed by atoms with E-state index >= 15 is 0 Å². The summed E-state index contributed by atoms with van der Waals surface area (Å²) in [6.45, 7) is 3.33. The summed E-state index contributed by atoms with van der Waals surface area (Å²) in [4.78, 5) is 31.4. The van der Waals surface area contributed by atoms with Crippen molar-refractivity contribution >= 4 is 23.4 Å². The van der Waals surface area contributed by atoms with Crippen molar-refractivity contribution in [3.63, 3.8) is 0 Å². The van der Waals surface area contributed by atoms with Gasteiger partial charge in [-0.1, -0.05) is 0 Å². The predicted molar refractivity (Wildman–Crippen MR) is 117 cm³/mol. The molecule has 2 amide bonds. The van der Waals surface area contributed by atoms with Crippen molar-refractivity contribution in [1.82, 2.24) is 10.8 Å². The van der Waals surface area contributed by atoms with Gasteiger partial charge in [-0.25, -0.2) is 13.6 Å². The van der Waals surface area contributed by atoms with Crippen LogP contribution in [-0.4, -0.2) is 75.8 Å². The standard InChI is InChI=1S/C22H28F2N4O6/c1-13(30)25-8-15-12-33-22(31)28(15)14-6-19(23)21(20(24)7-14)27-10-17-16(18(17)11-27)9-26-34-5-4-32-3-2-29/h6-7,9,15,17-18,26,29H,2-5,8,10-12H2,1H3,(H,25,30)/t15?,17-,18+. The summed E-state index contributed by atoms with van der Waals surface area (Å²) in [6, 6.07) is 1.70. The summed E-state index contributed by atoms with van der Waals surface area (Å²) in [5.74, 6) is -1.42. The first-order valence-corrected chi connectivity index (χ1v) is 11.1. The molecule has 1 saturated carbocycles. The van der Waals surface area contributed by atoms with Crippen LogP contribution >= 0.6 is 0 Å². The zero-order valence-electron chi connectivity index (χ0n) is 18.8. The molecule has 2 heterocycles. The smallest absolute Gasteiger partial charge is 0.414 e. The molecule has 2 saturated heterocycles. The molecule has 1 unspecified atom stereocenters. The number of nitrogens with zero attached hydrogens (tertiary/aromatic N) is 2. The first kappa shape index (κ1) is 24.2. The van der Waals surface area contributed by atoms with Crippen LogP contribution in [0.2, 0.25) is 0 Å². The van der Waals surface area contributed by atoms with Gasteiger partial charge in [0.25, 0.3) is 0 Å². The number of carbonyl (C=O) groups is 2. The highest BCUT2D eigenvalue weighted by molar-refractivity contribution is 5.91. The zero-order valence-corrected chi connectivity index (χ0v) is 18.8. The Hall–Kier alpha value is -2.96. The molecule has 3 fully saturated rings. The number of hydroxylamine groups is 1. The Labute approximate surface area is 195 Å². The van der Waals surface area contributed by atoms with Crippen molar-refractivity contribution in [2.45, 2.75) is 13.0 Å². The highest BCUT2D eigenvalue weighted by atomic mass is 19.1. The predicted octanol–water partition coefficient (Wildman–Crippen LogP) is 0.906. The second-order valence-electron chi connectivity index (χ2n) is 8.36. The number of amides is 2. The number of piperidine rings is 1. The lowest BCUT2D eigenvalue weighted by Gasteiger charge is -2.25. The molecule has 186 valence electrons. The van der Waals surface area contributed by atoms with Gasteiger partial charge in [0.2, 0.25) is 5.91 Å². The Bertz CT molecular complexity index is 924. The lowest BCUT2D eigenvalue weighted by Crippen LogP contribution is -2.42. The molecule has 10 nitrogen and oxygen atoms in total. The van der Waals surface area contributed by atoms with Gasteiger partial charge in [0.15, 0.2) is 11.6 Å². The van der Waals surface area contributed by atoms with Crippen molar-refractivity contribution in [3.05, 3.63) is 35.5 Å². The fraction of sp³-hybridized carbons (Fsp3) is 0.545. The molecule has 4 rings (SSSR count). The molecular weight excluding hydrogens is 454 g/mol. The average Bonchev–Trinajstić information content (AvgIpc) is 3.09. The van der Waals surface area contributed by atoms with Crippen LogP contribution in [0.25, 0.3) is 0 Å². The maximum Gasteiger partial charge on any atom is 0.414 e. The van der Waals surface area contributed by atoms with E-state index in [2.05, 4.69) is 10.8 Å². The Balaban J connectivity index is 1.34. The summed E-state index contributed by atoms with van der Waals surface area (Å²) >= 11 is 0. The molecule has 3 N–H and O–H groups in total. The first-order chi connectivity index (χ1) is 16.4. The molecule has 1 aromatic carbocycles. The van der Waals surface area contributed by atoms with E-state index < -0.39 is 23.8 Å².